The van der Waals surface area contributed by atoms with E-state index in [1.54, 1.807) is 4.90 Å². The molecule has 2 heterocycles. The summed E-state index contributed by atoms with van der Waals surface area (Å²) in [5.74, 6) is -0.639. The number of rotatable bonds is 6. The molecule has 1 aromatic carbocycles. The van der Waals surface area contributed by atoms with E-state index < -0.39 is 5.92 Å². The molecule has 8 heteroatoms. The number of aromatic nitrogens is 2. The average molecular weight is 374 g/mol. The molecule has 26 heavy (non-hydrogen) atoms. The van der Waals surface area contributed by atoms with Crippen LogP contribution >= 0.6 is 11.3 Å². The lowest BCUT2D eigenvalue weighted by Gasteiger charge is -2.20. The molecule has 0 radical (unpaired) electrons. The van der Waals surface area contributed by atoms with Crippen molar-refractivity contribution in [1.82, 2.24) is 10.2 Å². The van der Waals surface area contributed by atoms with Crippen LogP contribution in [0.25, 0.3) is 0 Å². The number of hydrogen-bond donors (Lipinski definition) is 1. The molecule has 7 nitrogen and oxygen atoms in total. The minimum atomic E-state index is -0.401. The van der Waals surface area contributed by atoms with Crippen molar-refractivity contribution in [3.63, 3.8) is 0 Å². The van der Waals surface area contributed by atoms with Crippen molar-refractivity contribution < 1.29 is 14.3 Å². The Hall–Kier alpha value is -2.32. The summed E-state index contributed by atoms with van der Waals surface area (Å²) in [5.41, 5.74) is 3.06. The molecular weight excluding hydrogens is 352 g/mol. The first-order chi connectivity index (χ1) is 12.5. The highest BCUT2D eigenvalue weighted by atomic mass is 32.1. The summed E-state index contributed by atoms with van der Waals surface area (Å²) < 4.78 is 5.28. The third-order valence-electron chi connectivity index (χ3n) is 4.49. The third kappa shape index (κ3) is 3.91. The van der Waals surface area contributed by atoms with Crippen molar-refractivity contribution in [3.05, 3.63) is 34.3 Å². The summed E-state index contributed by atoms with van der Waals surface area (Å²) in [6, 6.07) is 5.86. The minimum Gasteiger partial charge on any atom is -0.374 e. The third-order valence-corrected chi connectivity index (χ3v) is 5.30. The first kappa shape index (κ1) is 18.5. The van der Waals surface area contributed by atoms with Crippen molar-refractivity contribution in [2.24, 2.45) is 5.92 Å². The highest BCUT2D eigenvalue weighted by Gasteiger charge is 2.36. The van der Waals surface area contributed by atoms with Gasteiger partial charge in [0.2, 0.25) is 16.9 Å². The lowest BCUT2D eigenvalue weighted by Crippen LogP contribution is -2.28. The van der Waals surface area contributed by atoms with Gasteiger partial charge in [-0.05, 0) is 38.0 Å². The number of anilines is 2. The maximum Gasteiger partial charge on any atom is 0.231 e. The molecule has 1 fully saturated rings. The van der Waals surface area contributed by atoms with Gasteiger partial charge in [-0.15, -0.1) is 10.2 Å². The van der Waals surface area contributed by atoms with Gasteiger partial charge in [0.1, 0.15) is 11.6 Å². The second kappa shape index (κ2) is 7.92. The van der Waals surface area contributed by atoms with Crippen LogP contribution < -0.4 is 10.2 Å². The van der Waals surface area contributed by atoms with Crippen LogP contribution in [0.2, 0.25) is 0 Å². The van der Waals surface area contributed by atoms with Gasteiger partial charge in [-0.2, -0.15) is 0 Å². The summed E-state index contributed by atoms with van der Waals surface area (Å²) in [6.07, 6.45) is 0.198. The Kier molecular flexibility index (Phi) is 5.63. The highest BCUT2D eigenvalue weighted by Crippen LogP contribution is 2.30. The molecule has 1 aromatic heterocycles. The van der Waals surface area contributed by atoms with E-state index in [9.17, 15) is 9.59 Å². The molecule has 0 aliphatic carbocycles. The van der Waals surface area contributed by atoms with Crippen LogP contribution in [-0.4, -0.2) is 35.2 Å². The molecule has 1 aliphatic heterocycles. The van der Waals surface area contributed by atoms with E-state index in [-0.39, 0.29) is 18.2 Å². The zero-order valence-electron chi connectivity index (χ0n) is 15.1. The Morgan fingerprint density at radius 1 is 1.38 bits per heavy atom. The number of benzene rings is 1. The van der Waals surface area contributed by atoms with Crippen molar-refractivity contribution in [2.45, 2.75) is 33.8 Å². The maximum atomic E-state index is 12.5. The summed E-state index contributed by atoms with van der Waals surface area (Å²) in [6.45, 7) is 7.26. The average Bonchev–Trinajstić information content (AvgIpc) is 3.22. The molecule has 3 rings (SSSR count). The molecule has 1 atom stereocenters. The zero-order chi connectivity index (χ0) is 18.7. The zero-order valence-corrected chi connectivity index (χ0v) is 15.9. The number of ether oxygens (including phenoxy) is 1. The molecule has 1 N–H and O–H groups in total. The van der Waals surface area contributed by atoms with Crippen LogP contribution in [0.5, 0.6) is 0 Å². The van der Waals surface area contributed by atoms with E-state index in [2.05, 4.69) is 15.5 Å². The largest absolute Gasteiger partial charge is 0.374 e. The monoisotopic (exact) mass is 374 g/mol. The van der Waals surface area contributed by atoms with E-state index in [1.807, 2.05) is 39.0 Å². The quantitative estimate of drug-likeness (QED) is 0.840. The van der Waals surface area contributed by atoms with Crippen LogP contribution in [0.3, 0.4) is 0 Å². The van der Waals surface area contributed by atoms with Gasteiger partial charge in [0.25, 0.3) is 0 Å². The van der Waals surface area contributed by atoms with E-state index in [4.69, 9.17) is 4.74 Å². The number of nitrogens with zero attached hydrogens (tertiary/aromatic N) is 3. The molecule has 0 bridgehead atoms. The summed E-state index contributed by atoms with van der Waals surface area (Å²) in [7, 11) is 0. The fourth-order valence-corrected chi connectivity index (χ4v) is 3.58. The Balaban J connectivity index is 1.65. The van der Waals surface area contributed by atoms with Gasteiger partial charge in [-0.3, -0.25) is 9.59 Å². The van der Waals surface area contributed by atoms with E-state index in [1.165, 1.54) is 11.3 Å². The Bertz CT molecular complexity index is 821. The van der Waals surface area contributed by atoms with Gasteiger partial charge in [-0.1, -0.05) is 23.5 Å². The van der Waals surface area contributed by atoms with E-state index in [0.29, 0.717) is 29.9 Å². The van der Waals surface area contributed by atoms with Crippen LogP contribution in [0.15, 0.2) is 18.2 Å². The topological polar surface area (TPSA) is 84.4 Å². The van der Waals surface area contributed by atoms with Gasteiger partial charge in [0.15, 0.2) is 0 Å². The van der Waals surface area contributed by atoms with Crippen molar-refractivity contribution in [1.29, 1.82) is 0 Å². The first-order valence-electron chi connectivity index (χ1n) is 8.57. The number of carbonyl (C=O) groups is 2. The van der Waals surface area contributed by atoms with Gasteiger partial charge >= 0.3 is 0 Å². The Morgan fingerprint density at radius 3 is 2.96 bits per heavy atom. The maximum absolute atomic E-state index is 12.5. The lowest BCUT2D eigenvalue weighted by atomic mass is 10.1. The highest BCUT2D eigenvalue weighted by molar-refractivity contribution is 7.15. The molecule has 0 saturated carbocycles. The first-order valence-corrected chi connectivity index (χ1v) is 9.38. The smallest absolute Gasteiger partial charge is 0.231 e. The number of carbonyl (C=O) groups excluding carboxylic acids is 2. The molecule has 2 aromatic rings. The van der Waals surface area contributed by atoms with Gasteiger partial charge in [0, 0.05) is 25.3 Å². The normalized spacial score (nSPS) is 17.0. The standard InChI is InChI=1S/C18H22N4O3S/c1-4-25-10-15-20-21-18(26-15)19-17(24)13-8-16(23)22(9-13)14-7-5-6-11(2)12(14)3/h5-7,13H,4,8-10H2,1-3H3,(H,19,21,24)/t13-/m0/s1. The van der Waals surface area contributed by atoms with Crippen molar-refractivity contribution in [3.8, 4) is 0 Å². The Labute approximate surface area is 156 Å². The minimum absolute atomic E-state index is 0.0341. The second-order valence-electron chi connectivity index (χ2n) is 6.25. The van der Waals surface area contributed by atoms with Crippen LogP contribution in [0.4, 0.5) is 10.8 Å². The van der Waals surface area contributed by atoms with E-state index >= 15 is 0 Å². The number of hydrogen-bond acceptors (Lipinski definition) is 6. The fraction of sp³-hybridized carbons (Fsp3) is 0.444. The summed E-state index contributed by atoms with van der Waals surface area (Å²) in [4.78, 5) is 26.7. The SMILES string of the molecule is CCOCc1nnc(NC(=O)[C@H]2CC(=O)N(c3cccc(C)c3C)C2)s1. The van der Waals surface area contributed by atoms with Crippen LogP contribution in [0.1, 0.15) is 29.5 Å². The number of amides is 2. The predicted molar refractivity (Wildman–Crippen MR) is 100 cm³/mol. The van der Waals surface area contributed by atoms with Crippen LogP contribution in [0, 0.1) is 19.8 Å². The van der Waals surface area contributed by atoms with Crippen LogP contribution in [-0.2, 0) is 20.9 Å². The number of aryl methyl sites for hydroxylation is 1. The van der Waals surface area contributed by atoms with Gasteiger partial charge < -0.3 is 15.0 Å². The molecule has 0 spiro atoms. The van der Waals surface area contributed by atoms with Crippen molar-refractivity contribution in [2.75, 3.05) is 23.4 Å². The molecule has 2 amide bonds. The molecule has 138 valence electrons. The van der Waals surface area contributed by atoms with Crippen molar-refractivity contribution >= 4 is 34.0 Å². The fourth-order valence-electron chi connectivity index (χ4n) is 2.90. The molecule has 1 aliphatic rings. The van der Waals surface area contributed by atoms with E-state index in [0.717, 1.165) is 16.8 Å². The molecular formula is C18H22N4O3S. The molecule has 0 unspecified atom stereocenters. The second-order valence-corrected chi connectivity index (χ2v) is 7.31. The predicted octanol–water partition coefficient (Wildman–Crippen LogP) is 2.68. The lowest BCUT2D eigenvalue weighted by molar-refractivity contribution is -0.122. The molecule has 1 saturated heterocycles. The summed E-state index contributed by atoms with van der Waals surface area (Å²) >= 11 is 1.28. The summed E-state index contributed by atoms with van der Waals surface area (Å²) in [5, 5.41) is 11.9. The van der Waals surface area contributed by atoms with Gasteiger partial charge in [-0.25, -0.2) is 0 Å². The number of nitrogens with one attached hydrogen (secondary N) is 1. The Morgan fingerprint density at radius 2 is 2.19 bits per heavy atom. The van der Waals surface area contributed by atoms with Gasteiger partial charge in [0.05, 0.1) is 5.92 Å².